The first-order valence-electron chi connectivity index (χ1n) is 7.08. The van der Waals surface area contributed by atoms with Crippen LogP contribution in [0.25, 0.3) is 11.0 Å². The molecular weight excluding hydrogens is 260 g/mol. The normalized spacial score (nSPS) is 12.5. The third kappa shape index (κ3) is 2.77. The second-order valence-electron chi connectivity index (χ2n) is 4.98. The van der Waals surface area contributed by atoms with Crippen LogP contribution < -0.4 is 11.3 Å². The smallest absolute Gasteiger partial charge is 0.0897 e. The number of para-hydroxylation sites is 2. The summed E-state index contributed by atoms with van der Waals surface area (Å²) in [5.74, 6) is 5.73. The molecule has 0 aliphatic carbocycles. The van der Waals surface area contributed by atoms with Crippen LogP contribution in [0.3, 0.4) is 0 Å². The average molecular weight is 278 g/mol. The summed E-state index contributed by atoms with van der Waals surface area (Å²) < 4.78 is 0. The van der Waals surface area contributed by atoms with Crippen LogP contribution in [-0.2, 0) is 6.42 Å². The number of rotatable bonds is 4. The van der Waals surface area contributed by atoms with Gasteiger partial charge in [-0.05, 0) is 29.7 Å². The predicted octanol–water partition coefficient (Wildman–Crippen LogP) is 2.74. The standard InChI is InChI=1S/C17H18N4/c1-2-12-7-9-13(10-8-12)17(21-18)16-11-19-14-5-3-4-6-15(14)20-16/h3-11,17,21H,2,18H2,1H3. The molecule has 2 aromatic carbocycles. The number of hydrazine groups is 1. The Bertz CT molecular complexity index is 737. The van der Waals surface area contributed by atoms with Crippen molar-refractivity contribution in [1.29, 1.82) is 0 Å². The van der Waals surface area contributed by atoms with Crippen LogP contribution >= 0.6 is 0 Å². The van der Waals surface area contributed by atoms with E-state index in [2.05, 4.69) is 46.6 Å². The fourth-order valence-electron chi connectivity index (χ4n) is 2.41. The molecule has 3 aromatic rings. The van der Waals surface area contributed by atoms with Crippen molar-refractivity contribution in [3.8, 4) is 0 Å². The number of fused-ring (bicyclic) bond motifs is 1. The maximum absolute atomic E-state index is 5.73. The minimum absolute atomic E-state index is 0.159. The molecular formula is C17H18N4. The van der Waals surface area contributed by atoms with Crippen molar-refractivity contribution in [2.75, 3.05) is 0 Å². The molecule has 106 valence electrons. The molecule has 0 radical (unpaired) electrons. The highest BCUT2D eigenvalue weighted by Gasteiger charge is 2.14. The van der Waals surface area contributed by atoms with E-state index in [0.717, 1.165) is 28.7 Å². The van der Waals surface area contributed by atoms with Gasteiger partial charge in [0, 0.05) is 0 Å². The molecule has 3 N–H and O–H groups in total. The molecule has 0 fully saturated rings. The van der Waals surface area contributed by atoms with Gasteiger partial charge in [-0.2, -0.15) is 0 Å². The lowest BCUT2D eigenvalue weighted by Crippen LogP contribution is -2.29. The largest absolute Gasteiger partial charge is 0.271 e. The summed E-state index contributed by atoms with van der Waals surface area (Å²) in [6.07, 6.45) is 2.80. The van der Waals surface area contributed by atoms with E-state index in [4.69, 9.17) is 5.84 Å². The van der Waals surface area contributed by atoms with E-state index in [-0.39, 0.29) is 6.04 Å². The molecule has 21 heavy (non-hydrogen) atoms. The molecule has 0 bridgehead atoms. The van der Waals surface area contributed by atoms with Gasteiger partial charge in [-0.25, -0.2) is 10.4 Å². The van der Waals surface area contributed by atoms with Gasteiger partial charge < -0.3 is 0 Å². The van der Waals surface area contributed by atoms with Gasteiger partial charge >= 0.3 is 0 Å². The summed E-state index contributed by atoms with van der Waals surface area (Å²) in [5.41, 5.74) is 7.80. The Hall–Kier alpha value is -2.30. The Labute approximate surface area is 124 Å². The first-order chi connectivity index (χ1) is 10.3. The lowest BCUT2D eigenvalue weighted by Gasteiger charge is -2.16. The van der Waals surface area contributed by atoms with Crippen molar-refractivity contribution in [1.82, 2.24) is 15.4 Å². The number of nitrogens with two attached hydrogens (primary N) is 1. The topological polar surface area (TPSA) is 63.8 Å². The molecule has 1 unspecified atom stereocenters. The summed E-state index contributed by atoms with van der Waals surface area (Å²) >= 11 is 0. The molecule has 1 heterocycles. The minimum atomic E-state index is -0.159. The Morgan fingerprint density at radius 1 is 1.05 bits per heavy atom. The van der Waals surface area contributed by atoms with Gasteiger partial charge in [0.15, 0.2) is 0 Å². The molecule has 1 atom stereocenters. The van der Waals surface area contributed by atoms with E-state index in [1.807, 2.05) is 24.3 Å². The number of nitrogens with zero attached hydrogens (tertiary/aromatic N) is 2. The minimum Gasteiger partial charge on any atom is -0.271 e. The van der Waals surface area contributed by atoms with Crippen LogP contribution in [0, 0.1) is 0 Å². The van der Waals surface area contributed by atoms with E-state index in [1.165, 1.54) is 5.56 Å². The molecule has 1 aromatic heterocycles. The highest BCUT2D eigenvalue weighted by Crippen LogP contribution is 2.21. The quantitative estimate of drug-likeness (QED) is 0.569. The number of nitrogens with one attached hydrogen (secondary N) is 1. The Morgan fingerprint density at radius 2 is 1.76 bits per heavy atom. The lowest BCUT2D eigenvalue weighted by atomic mass is 10.0. The van der Waals surface area contributed by atoms with E-state index >= 15 is 0 Å². The summed E-state index contributed by atoms with van der Waals surface area (Å²) in [4.78, 5) is 9.11. The first-order valence-corrected chi connectivity index (χ1v) is 7.08. The molecule has 3 rings (SSSR count). The van der Waals surface area contributed by atoms with Gasteiger partial charge in [0.2, 0.25) is 0 Å². The molecule has 0 spiro atoms. The van der Waals surface area contributed by atoms with Crippen molar-refractivity contribution in [2.24, 2.45) is 5.84 Å². The zero-order valence-electron chi connectivity index (χ0n) is 12.0. The van der Waals surface area contributed by atoms with Crippen molar-refractivity contribution in [3.05, 3.63) is 71.5 Å². The van der Waals surface area contributed by atoms with Gasteiger partial charge in [0.05, 0.1) is 29.0 Å². The van der Waals surface area contributed by atoms with E-state index in [1.54, 1.807) is 6.20 Å². The van der Waals surface area contributed by atoms with Crippen LogP contribution in [-0.4, -0.2) is 9.97 Å². The fourth-order valence-corrected chi connectivity index (χ4v) is 2.41. The third-order valence-corrected chi connectivity index (χ3v) is 3.65. The number of hydrogen-bond donors (Lipinski definition) is 2. The first kappa shape index (κ1) is 13.7. The second kappa shape index (κ2) is 5.99. The number of hydrogen-bond acceptors (Lipinski definition) is 4. The highest BCUT2D eigenvalue weighted by molar-refractivity contribution is 5.73. The molecule has 0 aliphatic rings. The van der Waals surface area contributed by atoms with Gasteiger partial charge in [-0.15, -0.1) is 0 Å². The highest BCUT2D eigenvalue weighted by atomic mass is 15.2. The zero-order valence-corrected chi connectivity index (χ0v) is 12.0. The van der Waals surface area contributed by atoms with Crippen LogP contribution in [0.2, 0.25) is 0 Å². The number of aromatic nitrogens is 2. The number of benzene rings is 2. The van der Waals surface area contributed by atoms with Gasteiger partial charge in [0.1, 0.15) is 0 Å². The number of aryl methyl sites for hydroxylation is 1. The second-order valence-corrected chi connectivity index (χ2v) is 4.98. The van der Waals surface area contributed by atoms with Crippen molar-refractivity contribution in [3.63, 3.8) is 0 Å². The van der Waals surface area contributed by atoms with Crippen LogP contribution in [0.4, 0.5) is 0 Å². The Kier molecular flexibility index (Phi) is 3.90. The summed E-state index contributed by atoms with van der Waals surface area (Å²) in [7, 11) is 0. The predicted molar refractivity (Wildman–Crippen MR) is 84.5 cm³/mol. The maximum atomic E-state index is 5.73. The van der Waals surface area contributed by atoms with E-state index in [9.17, 15) is 0 Å². The SMILES string of the molecule is CCc1ccc(C(NN)c2cnc3ccccc3n2)cc1. The van der Waals surface area contributed by atoms with Crippen LogP contribution in [0.15, 0.2) is 54.7 Å². The molecule has 4 nitrogen and oxygen atoms in total. The summed E-state index contributed by atoms with van der Waals surface area (Å²) in [5, 5.41) is 0. The fraction of sp³-hybridized carbons (Fsp3) is 0.176. The lowest BCUT2D eigenvalue weighted by molar-refractivity contribution is 0.620. The molecule has 4 heteroatoms. The molecule has 0 saturated heterocycles. The zero-order chi connectivity index (χ0) is 14.7. The van der Waals surface area contributed by atoms with Crippen LogP contribution in [0.1, 0.15) is 29.8 Å². The van der Waals surface area contributed by atoms with Crippen molar-refractivity contribution >= 4 is 11.0 Å². The Balaban J connectivity index is 2.00. The van der Waals surface area contributed by atoms with Gasteiger partial charge in [-0.3, -0.25) is 10.8 Å². The van der Waals surface area contributed by atoms with Crippen LogP contribution in [0.5, 0.6) is 0 Å². The molecule has 0 saturated carbocycles. The third-order valence-electron chi connectivity index (χ3n) is 3.65. The monoisotopic (exact) mass is 278 g/mol. The van der Waals surface area contributed by atoms with E-state index in [0.29, 0.717) is 0 Å². The van der Waals surface area contributed by atoms with Crippen molar-refractivity contribution < 1.29 is 0 Å². The van der Waals surface area contributed by atoms with Gasteiger partial charge in [-0.1, -0.05) is 43.3 Å². The molecule has 0 amide bonds. The average Bonchev–Trinajstić information content (AvgIpc) is 2.56. The molecule has 0 aliphatic heterocycles. The van der Waals surface area contributed by atoms with Crippen molar-refractivity contribution in [2.45, 2.75) is 19.4 Å². The summed E-state index contributed by atoms with van der Waals surface area (Å²) in [6, 6.07) is 16.1. The summed E-state index contributed by atoms with van der Waals surface area (Å²) in [6.45, 7) is 2.14. The van der Waals surface area contributed by atoms with Gasteiger partial charge in [0.25, 0.3) is 0 Å². The Morgan fingerprint density at radius 3 is 2.43 bits per heavy atom. The van der Waals surface area contributed by atoms with E-state index < -0.39 is 0 Å². The maximum Gasteiger partial charge on any atom is 0.0897 e.